The summed E-state index contributed by atoms with van der Waals surface area (Å²) in [5, 5.41) is 3.47. The van der Waals surface area contributed by atoms with E-state index in [1.54, 1.807) is 0 Å². The molecular weight excluding hydrogens is 212 g/mol. The standard InChI is InChI=1S/C14H20N2O/c1-11-10-16(7-6-15-11)13-5-4-12-3-2-8-17-14(12)9-13/h4-5,9,11,15H,2-3,6-8,10H2,1H3/t11-/m0/s1. The smallest absolute Gasteiger partial charge is 0.124 e. The van der Waals surface area contributed by atoms with Gasteiger partial charge in [0.25, 0.3) is 0 Å². The fraction of sp³-hybridized carbons (Fsp3) is 0.571. The Morgan fingerprint density at radius 1 is 1.41 bits per heavy atom. The van der Waals surface area contributed by atoms with Gasteiger partial charge in [0.05, 0.1) is 6.61 Å². The minimum absolute atomic E-state index is 0.570. The number of nitrogens with zero attached hydrogens (tertiary/aromatic N) is 1. The summed E-state index contributed by atoms with van der Waals surface area (Å²) in [6, 6.07) is 7.26. The van der Waals surface area contributed by atoms with Gasteiger partial charge in [0.1, 0.15) is 5.75 Å². The number of nitrogens with one attached hydrogen (secondary N) is 1. The number of fused-ring (bicyclic) bond motifs is 1. The first kappa shape index (κ1) is 10.9. The molecule has 1 N–H and O–H groups in total. The highest BCUT2D eigenvalue weighted by molar-refractivity contribution is 5.54. The van der Waals surface area contributed by atoms with Crippen LogP contribution in [0.25, 0.3) is 0 Å². The monoisotopic (exact) mass is 232 g/mol. The van der Waals surface area contributed by atoms with Gasteiger partial charge in [0.15, 0.2) is 0 Å². The number of rotatable bonds is 1. The molecule has 0 spiro atoms. The van der Waals surface area contributed by atoms with E-state index in [1.165, 1.54) is 11.3 Å². The van der Waals surface area contributed by atoms with Gasteiger partial charge in [-0.25, -0.2) is 0 Å². The predicted octanol–water partition coefficient (Wildman–Crippen LogP) is 1.81. The lowest BCUT2D eigenvalue weighted by atomic mass is 10.1. The molecule has 17 heavy (non-hydrogen) atoms. The highest BCUT2D eigenvalue weighted by Gasteiger charge is 2.18. The Balaban J connectivity index is 1.83. The zero-order valence-corrected chi connectivity index (χ0v) is 10.4. The quantitative estimate of drug-likeness (QED) is 0.799. The molecule has 0 radical (unpaired) electrons. The minimum atomic E-state index is 0.570. The molecule has 1 fully saturated rings. The maximum absolute atomic E-state index is 5.74. The Morgan fingerprint density at radius 2 is 2.35 bits per heavy atom. The van der Waals surface area contributed by atoms with Crippen molar-refractivity contribution in [2.75, 3.05) is 31.1 Å². The molecule has 0 aromatic heterocycles. The predicted molar refractivity (Wildman–Crippen MR) is 69.9 cm³/mol. The summed E-state index contributed by atoms with van der Waals surface area (Å²) < 4.78 is 5.74. The van der Waals surface area contributed by atoms with Gasteiger partial charge in [-0.05, 0) is 31.4 Å². The van der Waals surface area contributed by atoms with E-state index in [1.807, 2.05) is 0 Å². The summed E-state index contributed by atoms with van der Waals surface area (Å²) in [6.45, 7) is 6.34. The van der Waals surface area contributed by atoms with E-state index >= 15 is 0 Å². The Hall–Kier alpha value is -1.22. The first-order valence-corrected chi connectivity index (χ1v) is 6.57. The SMILES string of the molecule is C[C@H]1CN(c2ccc3c(c2)OCCC3)CCN1. The molecule has 1 aromatic carbocycles. The van der Waals surface area contributed by atoms with Crippen LogP contribution in [0.2, 0.25) is 0 Å². The largest absolute Gasteiger partial charge is 0.493 e. The van der Waals surface area contributed by atoms with E-state index in [2.05, 4.69) is 35.3 Å². The highest BCUT2D eigenvalue weighted by Crippen LogP contribution is 2.30. The van der Waals surface area contributed by atoms with Crippen LogP contribution >= 0.6 is 0 Å². The van der Waals surface area contributed by atoms with Crippen molar-refractivity contribution in [1.29, 1.82) is 0 Å². The van der Waals surface area contributed by atoms with Crippen LogP contribution in [0.4, 0.5) is 5.69 Å². The van der Waals surface area contributed by atoms with Crippen molar-refractivity contribution < 1.29 is 4.74 Å². The van der Waals surface area contributed by atoms with Gasteiger partial charge in [-0.15, -0.1) is 0 Å². The molecule has 0 aliphatic carbocycles. The van der Waals surface area contributed by atoms with E-state index in [0.717, 1.165) is 44.8 Å². The Labute approximate surface area is 103 Å². The molecular formula is C14H20N2O. The molecule has 2 aliphatic heterocycles. The third-order valence-corrected chi connectivity index (χ3v) is 3.63. The number of hydrogen-bond donors (Lipinski definition) is 1. The van der Waals surface area contributed by atoms with Crippen LogP contribution in [0.5, 0.6) is 5.75 Å². The fourth-order valence-corrected chi connectivity index (χ4v) is 2.69. The van der Waals surface area contributed by atoms with Gasteiger partial charge >= 0.3 is 0 Å². The summed E-state index contributed by atoms with van der Waals surface area (Å²) in [5.74, 6) is 1.10. The molecule has 2 heterocycles. The second-order valence-corrected chi connectivity index (χ2v) is 5.05. The van der Waals surface area contributed by atoms with Gasteiger partial charge in [-0.1, -0.05) is 6.07 Å². The zero-order valence-electron chi connectivity index (χ0n) is 10.4. The number of aryl methyl sites for hydroxylation is 1. The third-order valence-electron chi connectivity index (χ3n) is 3.63. The lowest BCUT2D eigenvalue weighted by Gasteiger charge is -2.34. The second-order valence-electron chi connectivity index (χ2n) is 5.05. The topological polar surface area (TPSA) is 24.5 Å². The van der Waals surface area contributed by atoms with Gasteiger partial charge < -0.3 is 15.0 Å². The molecule has 3 nitrogen and oxygen atoms in total. The molecule has 1 saturated heterocycles. The van der Waals surface area contributed by atoms with Gasteiger partial charge in [0, 0.05) is 37.4 Å². The van der Waals surface area contributed by atoms with Crippen molar-refractivity contribution in [3.05, 3.63) is 23.8 Å². The van der Waals surface area contributed by atoms with E-state index in [4.69, 9.17) is 4.74 Å². The van der Waals surface area contributed by atoms with Crippen molar-refractivity contribution in [3.8, 4) is 5.75 Å². The Bertz CT molecular complexity index is 405. The van der Waals surface area contributed by atoms with Gasteiger partial charge in [0.2, 0.25) is 0 Å². The molecule has 2 aliphatic rings. The van der Waals surface area contributed by atoms with Crippen LogP contribution in [0.1, 0.15) is 18.9 Å². The first-order chi connectivity index (χ1) is 8.33. The Morgan fingerprint density at radius 3 is 3.24 bits per heavy atom. The van der Waals surface area contributed by atoms with Gasteiger partial charge in [-0.2, -0.15) is 0 Å². The van der Waals surface area contributed by atoms with Crippen LogP contribution in [-0.4, -0.2) is 32.3 Å². The van der Waals surface area contributed by atoms with Crippen LogP contribution < -0.4 is 15.0 Å². The average Bonchev–Trinajstić information content (AvgIpc) is 2.38. The second kappa shape index (κ2) is 4.57. The number of ether oxygens (including phenoxy) is 1. The fourth-order valence-electron chi connectivity index (χ4n) is 2.69. The van der Waals surface area contributed by atoms with Crippen molar-refractivity contribution in [3.63, 3.8) is 0 Å². The molecule has 0 unspecified atom stereocenters. The number of anilines is 1. The van der Waals surface area contributed by atoms with Crippen LogP contribution in [-0.2, 0) is 6.42 Å². The van der Waals surface area contributed by atoms with Crippen LogP contribution in [0, 0.1) is 0 Å². The molecule has 0 bridgehead atoms. The van der Waals surface area contributed by atoms with Crippen molar-refractivity contribution >= 4 is 5.69 Å². The van der Waals surface area contributed by atoms with E-state index < -0.39 is 0 Å². The highest BCUT2D eigenvalue weighted by atomic mass is 16.5. The summed E-state index contributed by atoms with van der Waals surface area (Å²) in [6.07, 6.45) is 2.31. The first-order valence-electron chi connectivity index (χ1n) is 6.57. The van der Waals surface area contributed by atoms with Crippen molar-refractivity contribution in [2.24, 2.45) is 0 Å². The molecule has 3 heteroatoms. The summed E-state index contributed by atoms with van der Waals surface area (Å²) >= 11 is 0. The lowest BCUT2D eigenvalue weighted by molar-refractivity contribution is 0.288. The van der Waals surface area contributed by atoms with E-state index in [-0.39, 0.29) is 0 Å². The molecule has 1 atom stereocenters. The molecule has 0 amide bonds. The summed E-state index contributed by atoms with van der Waals surface area (Å²) in [7, 11) is 0. The lowest BCUT2D eigenvalue weighted by Crippen LogP contribution is -2.49. The normalized spacial score (nSPS) is 24.1. The maximum Gasteiger partial charge on any atom is 0.124 e. The summed E-state index contributed by atoms with van der Waals surface area (Å²) in [4.78, 5) is 2.44. The van der Waals surface area contributed by atoms with Gasteiger partial charge in [-0.3, -0.25) is 0 Å². The minimum Gasteiger partial charge on any atom is -0.493 e. The molecule has 0 saturated carbocycles. The van der Waals surface area contributed by atoms with Crippen molar-refractivity contribution in [2.45, 2.75) is 25.8 Å². The van der Waals surface area contributed by atoms with Crippen LogP contribution in [0.3, 0.4) is 0 Å². The van der Waals surface area contributed by atoms with Crippen LogP contribution in [0.15, 0.2) is 18.2 Å². The average molecular weight is 232 g/mol. The molecule has 1 aromatic rings. The Kier molecular flexibility index (Phi) is 2.93. The molecule has 92 valence electrons. The zero-order chi connectivity index (χ0) is 11.7. The molecule has 3 rings (SSSR count). The van der Waals surface area contributed by atoms with Crippen molar-refractivity contribution in [1.82, 2.24) is 5.32 Å². The number of piperazine rings is 1. The summed E-state index contributed by atoms with van der Waals surface area (Å²) in [5.41, 5.74) is 2.67. The third kappa shape index (κ3) is 2.25. The maximum atomic E-state index is 5.74. The number of benzene rings is 1. The van der Waals surface area contributed by atoms with E-state index in [0.29, 0.717) is 6.04 Å². The van der Waals surface area contributed by atoms with E-state index in [9.17, 15) is 0 Å². The number of hydrogen-bond acceptors (Lipinski definition) is 3.